The predicted molar refractivity (Wildman–Crippen MR) is 79.3 cm³/mol. The lowest BCUT2D eigenvalue weighted by molar-refractivity contribution is 0.0319. The van der Waals surface area contributed by atoms with Gasteiger partial charge >= 0.3 is 5.97 Å². The molecular weight excluding hydrogens is 236 g/mol. The van der Waals surface area contributed by atoms with E-state index < -0.39 is 0 Å². The van der Waals surface area contributed by atoms with Gasteiger partial charge in [0.15, 0.2) is 0 Å². The highest BCUT2D eigenvalue weighted by molar-refractivity contribution is 5.89. The molecule has 2 heteroatoms. The van der Waals surface area contributed by atoms with Crippen LogP contribution in [0.15, 0.2) is 30.3 Å². The van der Waals surface area contributed by atoms with Crippen molar-refractivity contribution >= 4 is 5.97 Å². The van der Waals surface area contributed by atoms with Crippen molar-refractivity contribution in [1.82, 2.24) is 0 Å². The molecule has 0 bridgehead atoms. The van der Waals surface area contributed by atoms with Gasteiger partial charge in [-0.25, -0.2) is 4.79 Å². The number of hydrogen-bond acceptors (Lipinski definition) is 2. The number of carbonyl (C=O) groups excluding carboxylic acids is 1. The molecule has 0 unspecified atom stereocenters. The number of carbonyl (C=O) groups is 1. The Kier molecular flexibility index (Phi) is 7.95. The Labute approximate surface area is 117 Å². The minimum atomic E-state index is -0.209. The molecular formula is C17H26O2. The largest absolute Gasteiger partial charge is 0.459 e. The van der Waals surface area contributed by atoms with Crippen LogP contribution in [0.5, 0.6) is 0 Å². The molecule has 0 radical (unpaired) electrons. The second kappa shape index (κ2) is 9.60. The Bertz CT molecular complexity index is 346. The zero-order valence-corrected chi connectivity index (χ0v) is 12.2. The van der Waals surface area contributed by atoms with E-state index in [1.165, 1.54) is 32.1 Å². The lowest BCUT2D eigenvalue weighted by Gasteiger charge is -2.13. The highest BCUT2D eigenvalue weighted by Crippen LogP contribution is 2.12. The minimum absolute atomic E-state index is 0.0129. The molecule has 0 amide bonds. The Balaban J connectivity index is 2.14. The quantitative estimate of drug-likeness (QED) is 0.463. The van der Waals surface area contributed by atoms with Crippen LogP contribution in [-0.4, -0.2) is 12.1 Å². The van der Waals surface area contributed by atoms with E-state index >= 15 is 0 Å². The van der Waals surface area contributed by atoms with E-state index in [4.69, 9.17) is 4.74 Å². The Hall–Kier alpha value is -1.31. The highest BCUT2D eigenvalue weighted by Gasteiger charge is 2.10. The third kappa shape index (κ3) is 7.00. The summed E-state index contributed by atoms with van der Waals surface area (Å²) in [4.78, 5) is 11.8. The van der Waals surface area contributed by atoms with Gasteiger partial charge in [0.2, 0.25) is 0 Å². The fourth-order valence-corrected chi connectivity index (χ4v) is 2.10. The molecule has 1 aromatic rings. The maximum Gasteiger partial charge on any atom is 0.338 e. The van der Waals surface area contributed by atoms with Crippen LogP contribution in [0.3, 0.4) is 0 Å². The number of ether oxygens (including phenoxy) is 1. The van der Waals surface area contributed by atoms with Crippen LogP contribution in [-0.2, 0) is 4.74 Å². The van der Waals surface area contributed by atoms with Crippen LogP contribution in [0.4, 0.5) is 0 Å². The van der Waals surface area contributed by atoms with Gasteiger partial charge in [-0.3, -0.25) is 0 Å². The molecule has 2 nitrogen and oxygen atoms in total. The molecule has 0 N–H and O–H groups in total. The summed E-state index contributed by atoms with van der Waals surface area (Å²) < 4.78 is 5.43. The molecule has 0 spiro atoms. The van der Waals surface area contributed by atoms with Crippen molar-refractivity contribution in [2.24, 2.45) is 0 Å². The first-order valence-corrected chi connectivity index (χ1v) is 7.50. The Morgan fingerprint density at radius 3 is 2.37 bits per heavy atom. The van der Waals surface area contributed by atoms with E-state index in [2.05, 4.69) is 6.92 Å². The molecule has 0 saturated heterocycles. The molecule has 0 aliphatic heterocycles. The zero-order chi connectivity index (χ0) is 13.9. The molecule has 19 heavy (non-hydrogen) atoms. The first-order valence-electron chi connectivity index (χ1n) is 7.50. The second-order valence-electron chi connectivity index (χ2n) is 5.14. The maximum absolute atomic E-state index is 11.8. The molecule has 1 atom stereocenters. The summed E-state index contributed by atoms with van der Waals surface area (Å²) in [6.45, 7) is 4.21. The lowest BCUT2D eigenvalue weighted by atomic mass is 10.1. The lowest BCUT2D eigenvalue weighted by Crippen LogP contribution is -2.14. The number of esters is 1. The van der Waals surface area contributed by atoms with E-state index in [-0.39, 0.29) is 12.1 Å². The molecule has 0 fully saturated rings. The van der Waals surface area contributed by atoms with Crippen molar-refractivity contribution in [3.05, 3.63) is 35.9 Å². The molecule has 1 rings (SSSR count). The zero-order valence-electron chi connectivity index (χ0n) is 12.2. The van der Waals surface area contributed by atoms with Crippen LogP contribution in [0.1, 0.15) is 69.2 Å². The molecule has 0 saturated carbocycles. The van der Waals surface area contributed by atoms with Crippen LogP contribution in [0.25, 0.3) is 0 Å². The number of hydrogen-bond donors (Lipinski definition) is 0. The standard InChI is InChI=1S/C17H26O2/c1-3-4-5-6-7-9-12-15(2)19-17(18)16-13-10-8-11-14-16/h8,10-11,13-15H,3-7,9,12H2,1-2H3/t15-/m1/s1. The van der Waals surface area contributed by atoms with Gasteiger partial charge in [0, 0.05) is 0 Å². The summed E-state index contributed by atoms with van der Waals surface area (Å²) >= 11 is 0. The molecule has 0 heterocycles. The average molecular weight is 262 g/mol. The summed E-state index contributed by atoms with van der Waals surface area (Å²) in [5.41, 5.74) is 0.636. The van der Waals surface area contributed by atoms with Crippen LogP contribution in [0, 0.1) is 0 Å². The van der Waals surface area contributed by atoms with Gasteiger partial charge in [0.05, 0.1) is 11.7 Å². The maximum atomic E-state index is 11.8. The van der Waals surface area contributed by atoms with Gasteiger partial charge in [0.1, 0.15) is 0 Å². The van der Waals surface area contributed by atoms with Gasteiger partial charge in [-0.15, -0.1) is 0 Å². The molecule has 0 aliphatic carbocycles. The summed E-state index contributed by atoms with van der Waals surface area (Å²) in [6.07, 6.45) is 8.61. The summed E-state index contributed by atoms with van der Waals surface area (Å²) in [6, 6.07) is 9.19. The fraction of sp³-hybridized carbons (Fsp3) is 0.588. The smallest absolute Gasteiger partial charge is 0.338 e. The molecule has 106 valence electrons. The van der Waals surface area contributed by atoms with E-state index in [9.17, 15) is 4.79 Å². The summed E-state index contributed by atoms with van der Waals surface area (Å²) in [5.74, 6) is -0.209. The predicted octanol–water partition coefficient (Wildman–Crippen LogP) is 4.98. The number of rotatable bonds is 9. The minimum Gasteiger partial charge on any atom is -0.459 e. The van der Waals surface area contributed by atoms with Crippen molar-refractivity contribution in [1.29, 1.82) is 0 Å². The van der Waals surface area contributed by atoms with Crippen molar-refractivity contribution in [2.75, 3.05) is 0 Å². The summed E-state index contributed by atoms with van der Waals surface area (Å²) in [7, 11) is 0. The molecule has 0 aliphatic rings. The normalized spacial score (nSPS) is 12.1. The van der Waals surface area contributed by atoms with Crippen molar-refractivity contribution in [2.45, 2.75) is 64.9 Å². The van der Waals surface area contributed by atoms with Gasteiger partial charge in [0.25, 0.3) is 0 Å². The van der Waals surface area contributed by atoms with Gasteiger partial charge in [-0.05, 0) is 31.9 Å². The third-order valence-electron chi connectivity index (χ3n) is 3.28. The van der Waals surface area contributed by atoms with Crippen LogP contribution >= 0.6 is 0 Å². The van der Waals surface area contributed by atoms with Crippen LogP contribution in [0.2, 0.25) is 0 Å². The fourth-order valence-electron chi connectivity index (χ4n) is 2.10. The third-order valence-corrected chi connectivity index (χ3v) is 3.28. The SMILES string of the molecule is CCCCCCCC[C@@H](C)OC(=O)c1ccccc1. The first-order chi connectivity index (χ1) is 9.24. The van der Waals surface area contributed by atoms with E-state index in [1.807, 2.05) is 25.1 Å². The Morgan fingerprint density at radius 2 is 1.68 bits per heavy atom. The van der Waals surface area contributed by atoms with Crippen LogP contribution < -0.4 is 0 Å². The molecule has 1 aromatic carbocycles. The van der Waals surface area contributed by atoms with Crippen molar-refractivity contribution < 1.29 is 9.53 Å². The van der Waals surface area contributed by atoms with Crippen molar-refractivity contribution in [3.63, 3.8) is 0 Å². The topological polar surface area (TPSA) is 26.3 Å². The van der Waals surface area contributed by atoms with Gasteiger partial charge in [-0.1, -0.05) is 57.2 Å². The first kappa shape index (κ1) is 15.7. The van der Waals surface area contributed by atoms with E-state index in [1.54, 1.807) is 12.1 Å². The van der Waals surface area contributed by atoms with E-state index in [0.29, 0.717) is 5.56 Å². The average Bonchev–Trinajstić information content (AvgIpc) is 2.43. The van der Waals surface area contributed by atoms with Crippen molar-refractivity contribution in [3.8, 4) is 0 Å². The van der Waals surface area contributed by atoms with Gasteiger partial charge < -0.3 is 4.74 Å². The highest BCUT2D eigenvalue weighted by atomic mass is 16.5. The van der Waals surface area contributed by atoms with E-state index in [0.717, 1.165) is 12.8 Å². The monoisotopic (exact) mass is 262 g/mol. The molecule has 0 aromatic heterocycles. The summed E-state index contributed by atoms with van der Waals surface area (Å²) in [5, 5.41) is 0. The number of unbranched alkanes of at least 4 members (excludes halogenated alkanes) is 5. The second-order valence-corrected chi connectivity index (χ2v) is 5.14. The van der Waals surface area contributed by atoms with Gasteiger partial charge in [-0.2, -0.15) is 0 Å². The Morgan fingerprint density at radius 1 is 1.05 bits per heavy atom. The number of benzene rings is 1.